The van der Waals surface area contributed by atoms with Crippen LogP contribution < -0.4 is 0 Å². The number of nitrogens with zero attached hydrogens (tertiary/aromatic N) is 1. The Morgan fingerprint density at radius 3 is 2.13 bits per heavy atom. The molecule has 30 heavy (non-hydrogen) atoms. The van der Waals surface area contributed by atoms with Gasteiger partial charge in [0, 0.05) is 31.2 Å². The molecule has 0 aromatic heterocycles. The molecule has 12 unspecified atom stereocenters. The van der Waals surface area contributed by atoms with E-state index in [1.165, 1.54) is 0 Å². The van der Waals surface area contributed by atoms with Crippen LogP contribution in [0.3, 0.4) is 0 Å². The Morgan fingerprint density at radius 2 is 1.53 bits per heavy atom. The van der Waals surface area contributed by atoms with Crippen molar-refractivity contribution in [3.63, 3.8) is 0 Å². The molecule has 9 nitrogen and oxygen atoms in total. The lowest BCUT2D eigenvalue weighted by Gasteiger charge is -2.46. The van der Waals surface area contributed by atoms with Crippen molar-refractivity contribution in [3.05, 3.63) is 0 Å². The molecule has 3 saturated heterocycles. The maximum atomic E-state index is 10.8. The molecular weight excluding hydrogens is 394 g/mol. The highest BCUT2D eigenvalue weighted by Crippen LogP contribution is 2.35. The summed E-state index contributed by atoms with van der Waals surface area (Å²) in [7, 11) is 3.88. The first-order chi connectivity index (χ1) is 14.1. The number of aliphatic hydroxyl groups excluding tert-OH is 4. The summed E-state index contributed by atoms with van der Waals surface area (Å²) in [5.74, 6) is -0.156. The fraction of sp³-hybridized carbons (Fsp3) is 1.00. The molecular formula is C21H39NO8. The van der Waals surface area contributed by atoms with Gasteiger partial charge in [0.1, 0.15) is 12.2 Å². The van der Waals surface area contributed by atoms with Gasteiger partial charge in [0.25, 0.3) is 0 Å². The van der Waals surface area contributed by atoms with E-state index in [1.807, 2.05) is 32.8 Å². The third kappa shape index (κ3) is 5.51. The van der Waals surface area contributed by atoms with Crippen LogP contribution in [0.25, 0.3) is 0 Å². The minimum absolute atomic E-state index is 0.0254. The van der Waals surface area contributed by atoms with Gasteiger partial charge < -0.3 is 44.3 Å². The Bertz CT molecular complexity index is 527. The monoisotopic (exact) mass is 433 g/mol. The zero-order chi connectivity index (χ0) is 22.2. The molecule has 0 amide bonds. The third-order valence-corrected chi connectivity index (χ3v) is 6.85. The van der Waals surface area contributed by atoms with Crippen LogP contribution in [-0.2, 0) is 18.9 Å². The zero-order valence-electron chi connectivity index (χ0n) is 18.6. The predicted octanol–water partition coefficient (Wildman–Crippen LogP) is -0.170. The molecule has 3 heterocycles. The quantitative estimate of drug-likeness (QED) is 0.468. The summed E-state index contributed by atoms with van der Waals surface area (Å²) in [4.78, 5) is 2.01. The molecule has 0 aromatic rings. The summed E-state index contributed by atoms with van der Waals surface area (Å²) in [6.07, 6.45) is -3.62. The van der Waals surface area contributed by atoms with Crippen molar-refractivity contribution in [1.29, 1.82) is 0 Å². The second kappa shape index (κ2) is 10.1. The van der Waals surface area contributed by atoms with Crippen LogP contribution >= 0.6 is 0 Å². The van der Waals surface area contributed by atoms with Gasteiger partial charge in [0.05, 0.1) is 36.6 Å². The van der Waals surface area contributed by atoms with E-state index in [2.05, 4.69) is 0 Å². The smallest absolute Gasteiger partial charge is 0.161 e. The van der Waals surface area contributed by atoms with E-state index in [0.29, 0.717) is 25.7 Å². The number of likely N-dealkylation sites (N-methyl/N-ethyl adjacent to an activating group) is 1. The van der Waals surface area contributed by atoms with E-state index in [0.717, 1.165) is 0 Å². The lowest BCUT2D eigenvalue weighted by atomic mass is 9.84. The van der Waals surface area contributed by atoms with Crippen molar-refractivity contribution in [1.82, 2.24) is 4.90 Å². The number of hydrogen-bond donors (Lipinski definition) is 4. The Labute approximate surface area is 178 Å². The van der Waals surface area contributed by atoms with Crippen molar-refractivity contribution in [2.75, 3.05) is 14.1 Å². The first-order valence-electron chi connectivity index (χ1n) is 11.1. The molecule has 0 aliphatic carbocycles. The number of hydrogen-bond acceptors (Lipinski definition) is 9. The van der Waals surface area contributed by atoms with Gasteiger partial charge in [0.2, 0.25) is 0 Å². The molecule has 3 rings (SSSR count). The van der Waals surface area contributed by atoms with Gasteiger partial charge in [-0.2, -0.15) is 0 Å². The summed E-state index contributed by atoms with van der Waals surface area (Å²) in [6.45, 7) is 5.53. The van der Waals surface area contributed by atoms with Gasteiger partial charge in [-0.25, -0.2) is 0 Å². The van der Waals surface area contributed by atoms with Crippen molar-refractivity contribution in [3.8, 4) is 0 Å². The van der Waals surface area contributed by atoms with Crippen molar-refractivity contribution < 1.29 is 39.4 Å². The molecule has 176 valence electrons. The van der Waals surface area contributed by atoms with E-state index in [4.69, 9.17) is 18.9 Å². The zero-order valence-corrected chi connectivity index (χ0v) is 18.6. The summed E-state index contributed by atoms with van der Waals surface area (Å²) in [6, 6.07) is -0.0254. The first kappa shape index (κ1) is 24.3. The molecule has 0 spiro atoms. The van der Waals surface area contributed by atoms with E-state index < -0.39 is 37.0 Å². The fourth-order valence-corrected chi connectivity index (χ4v) is 5.05. The molecule has 0 aromatic carbocycles. The first-order valence-corrected chi connectivity index (χ1v) is 11.1. The Morgan fingerprint density at radius 1 is 0.833 bits per heavy atom. The second-order valence-electron chi connectivity index (χ2n) is 9.39. The topological polar surface area (TPSA) is 121 Å². The normalized spacial score (nSPS) is 50.6. The van der Waals surface area contributed by atoms with Crippen LogP contribution in [0.15, 0.2) is 0 Å². The van der Waals surface area contributed by atoms with Crippen LogP contribution in [-0.4, -0.2) is 107 Å². The molecule has 3 fully saturated rings. The number of rotatable bonds is 5. The maximum absolute atomic E-state index is 10.8. The molecule has 4 N–H and O–H groups in total. The Hall–Kier alpha value is -0.360. The Balaban J connectivity index is 1.58. The minimum atomic E-state index is -0.883. The minimum Gasteiger partial charge on any atom is -0.393 e. The fourth-order valence-electron chi connectivity index (χ4n) is 5.05. The van der Waals surface area contributed by atoms with E-state index in [-0.39, 0.29) is 36.4 Å². The highest BCUT2D eigenvalue weighted by molar-refractivity contribution is 4.91. The summed E-state index contributed by atoms with van der Waals surface area (Å²) in [5, 5.41) is 40.7. The van der Waals surface area contributed by atoms with Gasteiger partial charge >= 0.3 is 0 Å². The lowest BCUT2D eigenvalue weighted by molar-refractivity contribution is -0.296. The van der Waals surface area contributed by atoms with Crippen LogP contribution in [0.5, 0.6) is 0 Å². The largest absolute Gasteiger partial charge is 0.393 e. The van der Waals surface area contributed by atoms with E-state index in [1.54, 1.807) is 6.92 Å². The highest BCUT2D eigenvalue weighted by Gasteiger charge is 2.44. The average molecular weight is 434 g/mol. The molecule has 9 heteroatoms. The molecule has 3 aliphatic rings. The van der Waals surface area contributed by atoms with Gasteiger partial charge in [-0.15, -0.1) is 0 Å². The third-order valence-electron chi connectivity index (χ3n) is 6.85. The molecule has 0 bridgehead atoms. The molecule has 3 aliphatic heterocycles. The van der Waals surface area contributed by atoms with Gasteiger partial charge in [-0.3, -0.25) is 0 Å². The van der Waals surface area contributed by atoms with E-state index in [9.17, 15) is 20.4 Å². The van der Waals surface area contributed by atoms with Gasteiger partial charge in [-0.05, 0) is 41.3 Å². The van der Waals surface area contributed by atoms with Crippen LogP contribution in [0.1, 0.15) is 46.5 Å². The highest BCUT2D eigenvalue weighted by atomic mass is 16.7. The number of aliphatic hydroxyl groups is 4. The van der Waals surface area contributed by atoms with Crippen molar-refractivity contribution in [2.45, 2.75) is 114 Å². The van der Waals surface area contributed by atoms with Crippen LogP contribution in [0, 0.1) is 5.92 Å². The predicted molar refractivity (Wildman–Crippen MR) is 108 cm³/mol. The SMILES string of the molecule is CC1OC(CC2C(O)CC(OC3C(C)OC(O)CC3N(C)C)OC2C)CC(O)C1O. The van der Waals surface area contributed by atoms with E-state index >= 15 is 0 Å². The maximum Gasteiger partial charge on any atom is 0.161 e. The molecule has 0 radical (unpaired) electrons. The van der Waals surface area contributed by atoms with Gasteiger partial charge in [0.15, 0.2) is 12.6 Å². The summed E-state index contributed by atoms with van der Waals surface area (Å²) < 4.78 is 23.7. The van der Waals surface area contributed by atoms with Gasteiger partial charge in [-0.1, -0.05) is 0 Å². The lowest BCUT2D eigenvalue weighted by Crippen LogP contribution is -2.56. The van der Waals surface area contributed by atoms with Crippen LogP contribution in [0.4, 0.5) is 0 Å². The second-order valence-corrected chi connectivity index (χ2v) is 9.39. The average Bonchev–Trinajstić information content (AvgIpc) is 2.64. The van der Waals surface area contributed by atoms with Crippen LogP contribution in [0.2, 0.25) is 0 Å². The standard InChI is InChI=1S/C21H39NO8/c1-10-14(6-13-7-17(24)20(26)11(2)27-13)16(23)9-19(29-10)30-21-12(3)28-18(25)8-15(21)22(4)5/h10-21,23-26H,6-9H2,1-5H3. The molecule has 0 saturated carbocycles. The molecule has 12 atom stereocenters. The summed E-state index contributed by atoms with van der Waals surface area (Å²) in [5.41, 5.74) is 0. The Kier molecular flexibility index (Phi) is 8.14. The van der Waals surface area contributed by atoms with Crippen molar-refractivity contribution in [2.24, 2.45) is 5.92 Å². The number of ether oxygens (including phenoxy) is 4. The van der Waals surface area contributed by atoms with Crippen molar-refractivity contribution >= 4 is 0 Å². The summed E-state index contributed by atoms with van der Waals surface area (Å²) >= 11 is 0.